The monoisotopic (exact) mass is 343 g/mol. The number of likely N-dealkylation sites (tertiary alicyclic amines) is 1. The average molecular weight is 344 g/mol. The Balaban J connectivity index is 2.50. The first-order valence-corrected chi connectivity index (χ1v) is 7.31. The summed E-state index contributed by atoms with van der Waals surface area (Å²) in [7, 11) is 0. The molecule has 1 N–H and O–H groups in total. The lowest BCUT2D eigenvalue weighted by molar-refractivity contribution is -0.157. The Kier molecular flexibility index (Phi) is 3.95. The molecule has 1 aromatic heterocycles. The molecule has 0 aromatic carbocycles. The smallest absolute Gasteiger partial charge is 0.309 e. The van der Waals surface area contributed by atoms with Gasteiger partial charge in [0.15, 0.2) is 4.67 Å². The fourth-order valence-electron chi connectivity index (χ4n) is 2.76. The van der Waals surface area contributed by atoms with Crippen molar-refractivity contribution >= 4 is 27.8 Å². The second-order valence-electron chi connectivity index (χ2n) is 6.00. The predicted molar refractivity (Wildman–Crippen MR) is 76.1 cm³/mol. The van der Waals surface area contributed by atoms with Crippen LogP contribution >= 0.6 is 15.9 Å². The number of carbonyl (C=O) groups excluding carboxylic acids is 1. The number of rotatable bonds is 2. The highest BCUT2D eigenvalue weighted by Gasteiger charge is 2.46. The van der Waals surface area contributed by atoms with Crippen LogP contribution in [0.2, 0.25) is 0 Å². The van der Waals surface area contributed by atoms with Gasteiger partial charge in [0.05, 0.1) is 5.92 Å². The van der Waals surface area contributed by atoms with E-state index in [1.807, 2.05) is 20.8 Å². The van der Waals surface area contributed by atoms with Gasteiger partial charge in [0, 0.05) is 12.0 Å². The molecule has 1 amide bonds. The Hall–Kier alpha value is -1.30. The molecule has 1 fully saturated rings. The van der Waals surface area contributed by atoms with Gasteiger partial charge in [-0.25, -0.2) is 0 Å². The van der Waals surface area contributed by atoms with Crippen LogP contribution in [0.4, 0.5) is 0 Å². The summed E-state index contributed by atoms with van der Waals surface area (Å²) in [6, 6.07) is 2.87. The number of piperidine rings is 1. The largest absolute Gasteiger partial charge is 0.481 e. The number of furan rings is 1. The minimum Gasteiger partial charge on any atom is -0.481 e. The lowest BCUT2D eigenvalue weighted by Gasteiger charge is -2.46. The summed E-state index contributed by atoms with van der Waals surface area (Å²) in [6.45, 7) is 5.71. The molecule has 2 rings (SSSR count). The van der Waals surface area contributed by atoms with Crippen LogP contribution in [0.5, 0.6) is 0 Å². The zero-order valence-corrected chi connectivity index (χ0v) is 13.3. The van der Waals surface area contributed by atoms with E-state index in [4.69, 9.17) is 4.42 Å². The highest BCUT2D eigenvalue weighted by molar-refractivity contribution is 9.10. The van der Waals surface area contributed by atoms with Crippen LogP contribution in [0, 0.1) is 5.92 Å². The third kappa shape index (κ3) is 2.75. The number of carbonyl (C=O) groups is 2. The van der Waals surface area contributed by atoms with Crippen LogP contribution in [-0.2, 0) is 9.59 Å². The normalized spacial score (nSPS) is 24.0. The highest BCUT2D eigenvalue weighted by Crippen LogP contribution is 2.41. The number of nitrogens with zero attached hydrogens (tertiary/aromatic N) is 1. The van der Waals surface area contributed by atoms with Crippen LogP contribution in [0.25, 0.3) is 0 Å². The number of carboxylic acids is 1. The third-order valence-corrected chi connectivity index (χ3v) is 3.95. The molecule has 0 spiro atoms. The van der Waals surface area contributed by atoms with E-state index >= 15 is 0 Å². The number of hydrogen-bond acceptors (Lipinski definition) is 3. The molecular weight excluding hydrogens is 326 g/mol. The van der Waals surface area contributed by atoms with Gasteiger partial charge in [0.1, 0.15) is 11.8 Å². The molecule has 6 heteroatoms. The van der Waals surface area contributed by atoms with Crippen molar-refractivity contribution in [1.29, 1.82) is 0 Å². The first-order valence-electron chi connectivity index (χ1n) is 6.52. The van der Waals surface area contributed by atoms with Crippen molar-refractivity contribution in [2.75, 3.05) is 0 Å². The Labute approximate surface area is 126 Å². The van der Waals surface area contributed by atoms with Crippen LogP contribution in [0.3, 0.4) is 0 Å². The van der Waals surface area contributed by atoms with Crippen molar-refractivity contribution in [2.24, 2.45) is 5.92 Å². The van der Waals surface area contributed by atoms with Crippen LogP contribution < -0.4 is 0 Å². The molecule has 2 heterocycles. The van der Waals surface area contributed by atoms with Crippen LogP contribution in [-0.4, -0.2) is 27.4 Å². The van der Waals surface area contributed by atoms with Gasteiger partial charge in [-0.3, -0.25) is 9.59 Å². The van der Waals surface area contributed by atoms with E-state index in [0.29, 0.717) is 16.9 Å². The van der Waals surface area contributed by atoms with Crippen molar-refractivity contribution in [3.05, 3.63) is 22.6 Å². The maximum atomic E-state index is 12.3. The first-order chi connectivity index (χ1) is 9.21. The fraction of sp³-hybridized carbons (Fsp3) is 0.571. The molecule has 0 bridgehead atoms. The summed E-state index contributed by atoms with van der Waals surface area (Å²) in [5.41, 5.74) is -0.463. The summed E-state index contributed by atoms with van der Waals surface area (Å²) in [5.74, 6) is -1.07. The Morgan fingerprint density at radius 3 is 2.55 bits per heavy atom. The van der Waals surface area contributed by atoms with Crippen molar-refractivity contribution in [2.45, 2.75) is 45.2 Å². The number of carboxylic acid groups (broad SMARTS) is 1. The molecule has 1 aliphatic rings. The van der Waals surface area contributed by atoms with Gasteiger partial charge in [0.2, 0.25) is 5.91 Å². The predicted octanol–water partition coefficient (Wildman–Crippen LogP) is 3.20. The van der Waals surface area contributed by atoms with Crippen molar-refractivity contribution < 1.29 is 19.1 Å². The molecule has 1 aromatic rings. The molecule has 110 valence electrons. The van der Waals surface area contributed by atoms with Crippen LogP contribution in [0.1, 0.15) is 45.4 Å². The first kappa shape index (κ1) is 15.1. The van der Waals surface area contributed by atoms with Gasteiger partial charge >= 0.3 is 5.97 Å². The summed E-state index contributed by atoms with van der Waals surface area (Å²) in [5, 5.41) is 9.46. The molecule has 2 unspecified atom stereocenters. The Bertz CT molecular complexity index is 532. The number of hydrogen-bond donors (Lipinski definition) is 1. The fourth-order valence-corrected chi connectivity index (χ4v) is 3.07. The summed E-state index contributed by atoms with van der Waals surface area (Å²) in [6.07, 6.45) is 0.594. The van der Waals surface area contributed by atoms with E-state index in [2.05, 4.69) is 15.9 Å². The zero-order chi connectivity index (χ0) is 15.1. The van der Waals surface area contributed by atoms with Crippen LogP contribution in [0.15, 0.2) is 21.2 Å². The van der Waals surface area contributed by atoms with Gasteiger partial charge in [-0.1, -0.05) is 0 Å². The maximum Gasteiger partial charge on any atom is 0.309 e. The highest BCUT2D eigenvalue weighted by atomic mass is 79.9. The standard InChI is InChI=1S/C14H18BrNO4/c1-14(2,3)16-11(17)7-4-8(13(18)19)12(16)9-5-6-10(15)20-9/h5-6,8,12H,4,7H2,1-3H3,(H,18,19). The van der Waals surface area contributed by atoms with E-state index in [-0.39, 0.29) is 12.3 Å². The molecule has 2 atom stereocenters. The molecule has 1 saturated heterocycles. The number of aliphatic carboxylic acids is 1. The summed E-state index contributed by atoms with van der Waals surface area (Å²) >= 11 is 3.22. The molecule has 1 aliphatic heterocycles. The number of amides is 1. The lowest BCUT2D eigenvalue weighted by atomic mass is 9.84. The molecule has 0 saturated carbocycles. The number of halogens is 1. The van der Waals surface area contributed by atoms with Gasteiger partial charge in [0.25, 0.3) is 0 Å². The maximum absolute atomic E-state index is 12.3. The topological polar surface area (TPSA) is 70.8 Å². The van der Waals surface area contributed by atoms with Crippen molar-refractivity contribution in [3.8, 4) is 0 Å². The quantitative estimate of drug-likeness (QED) is 0.894. The van der Waals surface area contributed by atoms with E-state index < -0.39 is 23.5 Å². The van der Waals surface area contributed by atoms with Crippen molar-refractivity contribution in [3.63, 3.8) is 0 Å². The van der Waals surface area contributed by atoms with Gasteiger partial charge in [-0.2, -0.15) is 0 Å². The van der Waals surface area contributed by atoms with E-state index in [9.17, 15) is 14.7 Å². The minimum atomic E-state index is -0.899. The zero-order valence-electron chi connectivity index (χ0n) is 11.7. The van der Waals surface area contributed by atoms with E-state index in [1.54, 1.807) is 17.0 Å². The molecule has 0 aliphatic carbocycles. The molecule has 5 nitrogen and oxygen atoms in total. The van der Waals surface area contributed by atoms with E-state index in [0.717, 1.165) is 0 Å². The van der Waals surface area contributed by atoms with Gasteiger partial charge < -0.3 is 14.4 Å². The Morgan fingerprint density at radius 2 is 2.10 bits per heavy atom. The SMILES string of the molecule is CC(C)(C)N1C(=O)CCC(C(=O)O)C1c1ccc(Br)o1. The third-order valence-electron chi connectivity index (χ3n) is 3.52. The second-order valence-corrected chi connectivity index (χ2v) is 6.79. The van der Waals surface area contributed by atoms with Gasteiger partial charge in [-0.05, 0) is 55.3 Å². The second kappa shape index (κ2) is 5.24. The summed E-state index contributed by atoms with van der Waals surface area (Å²) in [4.78, 5) is 25.5. The van der Waals surface area contributed by atoms with Crippen molar-refractivity contribution in [1.82, 2.24) is 4.90 Å². The molecule has 20 heavy (non-hydrogen) atoms. The Morgan fingerprint density at radius 1 is 1.45 bits per heavy atom. The molecular formula is C14H18BrNO4. The molecule has 0 radical (unpaired) electrons. The summed E-state index contributed by atoms with van der Waals surface area (Å²) < 4.78 is 6.07. The van der Waals surface area contributed by atoms with Gasteiger partial charge in [-0.15, -0.1) is 0 Å². The van der Waals surface area contributed by atoms with E-state index in [1.165, 1.54) is 0 Å². The average Bonchev–Trinajstić information content (AvgIpc) is 2.73. The minimum absolute atomic E-state index is 0.0347. The lowest BCUT2D eigenvalue weighted by Crippen LogP contribution is -2.53.